The Labute approximate surface area is 454 Å². The van der Waals surface area contributed by atoms with E-state index in [1.807, 2.05) is 52.0 Å². The average Bonchev–Trinajstić information content (AvgIpc) is 4.18. The van der Waals surface area contributed by atoms with Crippen LogP contribution in [0.4, 0.5) is 26.0 Å². The molecule has 0 bridgehead atoms. The van der Waals surface area contributed by atoms with Crippen LogP contribution in [0, 0.1) is 37.8 Å². The van der Waals surface area contributed by atoms with Gasteiger partial charge in [0.05, 0.1) is 6.61 Å². The standard InChI is InChI=1S/C17H16FN3.C11H11ClN2.C11H12N2O.C7H10N2.C6H6FN.C6H10O3.ClH/c1-11-3-4-13(9-11)17-19-12(2)10-16(21-17)20-15-7-5-14(18)6-8-15;1-7-3-4-9(5-7)11-13-8(2)6-10(12)14-11;1-7-3-4-9(5-7)11-12-8(2)6-10(14)13-11;1-5-2-3-6(4-5)7(8)9;7-5-1-3-6(8)4-2-5;1-3-9-6(8)4-5(2)7;/h3-8,10H,9H2,1-2H3,(H,19,20,21);3-4,6H,5H2,1-2H3;3-4,6H,5H2,1-2H3,(H,12,13,14);2-3H,4H2,1H3,(H3,8,9);1-4H,8H2;3-4H2,1-2H3;1H. The van der Waals surface area contributed by atoms with Crippen LogP contribution in [0.5, 0.6) is 0 Å². The number of ether oxygens (including phenoxy) is 1. The molecule has 0 fully saturated rings. The van der Waals surface area contributed by atoms with Crippen LogP contribution in [-0.2, 0) is 14.3 Å². The topological polar surface area (TPSA) is 229 Å². The highest BCUT2D eigenvalue weighted by Crippen LogP contribution is 2.28. The summed E-state index contributed by atoms with van der Waals surface area (Å²) in [5, 5.41) is 10.8. The molecule has 7 N–H and O–H groups in total. The van der Waals surface area contributed by atoms with Gasteiger partial charge in [-0.05, 0) is 154 Å². The molecule has 0 spiro atoms. The van der Waals surface area contributed by atoms with Gasteiger partial charge in [-0.25, -0.2) is 33.7 Å². The first-order chi connectivity index (χ1) is 35.5. The molecule has 0 radical (unpaired) electrons. The number of nitrogens with two attached hydrogens (primary N) is 2. The van der Waals surface area contributed by atoms with E-state index in [1.54, 1.807) is 25.1 Å². The van der Waals surface area contributed by atoms with Gasteiger partial charge in [-0.1, -0.05) is 82.5 Å². The zero-order chi connectivity index (χ0) is 55.2. The van der Waals surface area contributed by atoms with E-state index in [-0.39, 0.29) is 47.6 Å². The molecule has 0 unspecified atom stereocenters. The van der Waals surface area contributed by atoms with Crippen LogP contribution in [0.25, 0.3) is 16.7 Å². The molecule has 3 aromatic heterocycles. The maximum absolute atomic E-state index is 12.9. The van der Waals surface area contributed by atoms with Crippen molar-refractivity contribution in [1.29, 1.82) is 5.41 Å². The molecule has 0 atom stereocenters. The highest BCUT2D eigenvalue weighted by molar-refractivity contribution is 6.29. The number of benzene rings is 2. The van der Waals surface area contributed by atoms with Gasteiger partial charge in [-0.3, -0.25) is 19.8 Å². The second-order valence-electron chi connectivity index (χ2n) is 17.9. The van der Waals surface area contributed by atoms with Gasteiger partial charge in [0.1, 0.15) is 46.5 Å². The van der Waals surface area contributed by atoms with Crippen molar-refractivity contribution < 1.29 is 23.1 Å². The summed E-state index contributed by atoms with van der Waals surface area (Å²) in [4.78, 5) is 56.5. The maximum Gasteiger partial charge on any atom is 0.313 e. The summed E-state index contributed by atoms with van der Waals surface area (Å²) >= 11 is 5.87. The Morgan fingerprint density at radius 1 is 0.671 bits per heavy atom. The SMILES string of the molecule is CC1=CC=C(C(=N)N)C1.CC1=CC=C(c2nc(C)cc(=O)[nH]2)C1.CC1=CC=C(c2nc(C)cc(Cl)n2)C1.CC1=CC=C(c2nc(C)cc(Nc3ccc(F)cc3)n2)C1.CCOC(=O)CC(C)=O.Cl.Nc1ccc(F)cc1. The number of nitrogen functional groups attached to an aromatic ring is 1. The summed E-state index contributed by atoms with van der Waals surface area (Å²) in [5.41, 5.74) is 23.9. The second-order valence-corrected chi connectivity index (χ2v) is 18.3. The van der Waals surface area contributed by atoms with Crippen molar-refractivity contribution in [1.82, 2.24) is 29.9 Å². The van der Waals surface area contributed by atoms with E-state index in [1.165, 1.54) is 71.7 Å². The molecule has 0 saturated carbocycles. The van der Waals surface area contributed by atoms with E-state index in [0.29, 0.717) is 23.3 Å². The second kappa shape index (κ2) is 31.1. The van der Waals surface area contributed by atoms with E-state index in [9.17, 15) is 23.2 Å². The minimum absolute atomic E-state index is 0. The minimum Gasteiger partial charge on any atom is -0.466 e. The maximum atomic E-state index is 12.9. The number of nitrogens with one attached hydrogen (secondary N) is 3. The first-order valence-electron chi connectivity index (χ1n) is 24.0. The molecule has 76 heavy (non-hydrogen) atoms. The number of halogens is 4. The zero-order valence-electron chi connectivity index (χ0n) is 44.3. The first kappa shape index (κ1) is 62.3. The molecule has 18 heteroatoms. The molecule has 14 nitrogen and oxygen atoms in total. The van der Waals surface area contributed by atoms with Crippen molar-refractivity contribution in [2.45, 2.75) is 94.4 Å². The van der Waals surface area contributed by atoms with Crippen LogP contribution in [-0.4, -0.2) is 54.1 Å². The normalized spacial score (nSPS) is 13.5. The Bertz CT molecular complexity index is 3130. The van der Waals surface area contributed by atoms with Gasteiger partial charge >= 0.3 is 5.97 Å². The summed E-state index contributed by atoms with van der Waals surface area (Å²) in [6.07, 6.45) is 19.7. The largest absolute Gasteiger partial charge is 0.466 e. The fourth-order valence-electron chi connectivity index (χ4n) is 7.04. The van der Waals surface area contributed by atoms with Crippen molar-refractivity contribution in [3.8, 4) is 0 Å². The van der Waals surface area contributed by atoms with E-state index >= 15 is 0 Å². The van der Waals surface area contributed by atoms with Crippen LogP contribution in [0.1, 0.15) is 108 Å². The third-order valence-corrected chi connectivity index (χ3v) is 10.8. The van der Waals surface area contributed by atoms with Crippen molar-refractivity contribution >= 4 is 75.5 Å². The number of rotatable bonds is 9. The van der Waals surface area contributed by atoms with Crippen molar-refractivity contribution in [2.24, 2.45) is 5.73 Å². The van der Waals surface area contributed by atoms with Crippen LogP contribution in [0.15, 0.2) is 148 Å². The molecule has 0 aliphatic heterocycles. The number of hydrogen-bond acceptors (Lipinski definition) is 12. The molecule has 4 aliphatic carbocycles. The Morgan fingerprint density at radius 3 is 1.57 bits per heavy atom. The van der Waals surface area contributed by atoms with Gasteiger partial charge in [-0.2, -0.15) is 0 Å². The van der Waals surface area contributed by atoms with Crippen molar-refractivity contribution in [3.05, 3.63) is 205 Å². The number of carbonyl (C=O) groups is 2. The lowest BCUT2D eigenvalue weighted by atomic mass is 10.1. The number of aromatic nitrogens is 6. The fraction of sp³-hybridized carbons (Fsp3) is 0.259. The zero-order valence-corrected chi connectivity index (χ0v) is 45.9. The Kier molecular flexibility index (Phi) is 25.5. The van der Waals surface area contributed by atoms with Gasteiger partial charge in [0, 0.05) is 51.7 Å². The van der Waals surface area contributed by atoms with Gasteiger partial charge in [-0.15, -0.1) is 12.4 Å². The van der Waals surface area contributed by atoms with Gasteiger partial charge < -0.3 is 26.5 Å². The number of Topliss-reactive ketones (excluding diaryl/α,β-unsaturated/α-hetero) is 1. The van der Waals surface area contributed by atoms with Crippen LogP contribution < -0.4 is 22.3 Å². The summed E-state index contributed by atoms with van der Waals surface area (Å²) < 4.78 is 29.5. The predicted octanol–water partition coefficient (Wildman–Crippen LogP) is 12.9. The number of amidine groups is 1. The number of hydrogen-bond donors (Lipinski definition) is 5. The number of H-pyrrole nitrogens is 1. The van der Waals surface area contributed by atoms with Gasteiger partial charge in [0.15, 0.2) is 11.6 Å². The Morgan fingerprint density at radius 2 is 1.14 bits per heavy atom. The lowest BCUT2D eigenvalue weighted by molar-refractivity contribution is -0.145. The summed E-state index contributed by atoms with van der Waals surface area (Å²) in [7, 11) is 0. The van der Waals surface area contributed by atoms with Crippen LogP contribution in [0.3, 0.4) is 0 Å². The molecular formula is C58H66Cl2F2N10O4. The average molecular weight is 1080 g/mol. The van der Waals surface area contributed by atoms with E-state index in [4.69, 9.17) is 28.5 Å². The predicted molar refractivity (Wildman–Crippen MR) is 305 cm³/mol. The van der Waals surface area contributed by atoms with Crippen molar-refractivity contribution in [2.75, 3.05) is 17.7 Å². The number of esters is 1. The van der Waals surface area contributed by atoms with E-state index < -0.39 is 5.97 Å². The lowest BCUT2D eigenvalue weighted by Gasteiger charge is -2.09. The quantitative estimate of drug-likeness (QED) is 0.0232. The highest BCUT2D eigenvalue weighted by Gasteiger charge is 2.14. The Hall–Kier alpha value is -7.95. The molecular weight excluding hydrogens is 1010 g/mol. The highest BCUT2D eigenvalue weighted by atomic mass is 35.5. The number of nitrogens with zero attached hydrogens (tertiary/aromatic N) is 5. The molecule has 2 aromatic carbocycles. The first-order valence-corrected chi connectivity index (χ1v) is 24.4. The molecule has 9 rings (SSSR count). The summed E-state index contributed by atoms with van der Waals surface area (Å²) in [6.45, 7) is 17.4. The molecule has 400 valence electrons. The van der Waals surface area contributed by atoms with Gasteiger partial charge in [0.2, 0.25) is 0 Å². The lowest BCUT2D eigenvalue weighted by Crippen LogP contribution is -2.11. The number of aryl methyl sites for hydroxylation is 3. The summed E-state index contributed by atoms with van der Waals surface area (Å²) in [5.74, 6) is 2.01. The van der Waals surface area contributed by atoms with E-state index in [2.05, 4.69) is 91.1 Å². The number of ketones is 1. The molecule has 0 saturated heterocycles. The van der Waals surface area contributed by atoms with Crippen molar-refractivity contribution in [3.63, 3.8) is 0 Å². The number of carbonyl (C=O) groups excluding carboxylic acids is 2. The molecule has 0 amide bonds. The fourth-order valence-corrected chi connectivity index (χ4v) is 7.28. The third kappa shape index (κ3) is 22.7. The smallest absolute Gasteiger partial charge is 0.313 e. The number of allylic oxidation sites excluding steroid dienone is 15. The number of anilines is 3. The third-order valence-electron chi connectivity index (χ3n) is 10.6. The van der Waals surface area contributed by atoms with Crippen LogP contribution >= 0.6 is 24.0 Å². The Balaban J connectivity index is 0.000000248. The van der Waals surface area contributed by atoms with Gasteiger partial charge in [0.25, 0.3) is 5.56 Å². The van der Waals surface area contributed by atoms with E-state index in [0.717, 1.165) is 88.2 Å². The minimum atomic E-state index is -0.440. The number of aromatic amines is 1. The molecule has 3 heterocycles. The monoisotopic (exact) mass is 1070 g/mol. The van der Waals surface area contributed by atoms with Crippen LogP contribution in [0.2, 0.25) is 5.15 Å². The molecule has 5 aromatic rings. The molecule has 4 aliphatic rings. The summed E-state index contributed by atoms with van der Waals surface area (Å²) in [6, 6.07) is 17.1.